The molecule has 2 aromatic rings. The molecule has 0 radical (unpaired) electrons. The number of carbonyl (C=O) groups excluding carboxylic acids is 1. The first kappa shape index (κ1) is 12.1. The van der Waals surface area contributed by atoms with Crippen molar-refractivity contribution in [1.29, 1.82) is 0 Å². The Morgan fingerprint density at radius 3 is 2.41 bits per heavy atom. The summed E-state index contributed by atoms with van der Waals surface area (Å²) in [4.78, 5) is 15.9. The molecule has 1 heterocycles. The zero-order valence-corrected chi connectivity index (χ0v) is 10.4. The number of carbonyl (C=O) groups is 1. The third-order valence-corrected chi connectivity index (χ3v) is 3.09. The van der Waals surface area contributed by atoms with Crippen LogP contribution in [0.1, 0.15) is 15.9 Å². The first-order valence-corrected chi connectivity index (χ1v) is 5.79. The van der Waals surface area contributed by atoms with Crippen LogP contribution in [0.4, 0.5) is 0 Å². The predicted molar refractivity (Wildman–Crippen MR) is 68.7 cm³/mol. The van der Waals surface area contributed by atoms with Crippen molar-refractivity contribution in [2.45, 2.75) is 6.42 Å². The van der Waals surface area contributed by atoms with E-state index in [0.717, 1.165) is 5.56 Å². The lowest BCUT2D eigenvalue weighted by Crippen LogP contribution is -2.03. The number of ketones is 1. The molecule has 1 aromatic carbocycles. The van der Waals surface area contributed by atoms with Crippen LogP contribution in [-0.4, -0.2) is 10.8 Å². The number of halogens is 2. The molecule has 86 valence electrons. The molecule has 0 saturated carbocycles. The minimum atomic E-state index is 0.00904. The van der Waals surface area contributed by atoms with Crippen molar-refractivity contribution in [3.05, 3.63) is 63.9 Å². The molecular weight excluding hydrogens is 257 g/mol. The monoisotopic (exact) mass is 265 g/mol. The van der Waals surface area contributed by atoms with Crippen LogP contribution in [0, 0.1) is 0 Å². The maximum atomic E-state index is 12.0. The average molecular weight is 266 g/mol. The van der Waals surface area contributed by atoms with Crippen molar-refractivity contribution >= 4 is 29.0 Å². The summed E-state index contributed by atoms with van der Waals surface area (Å²) < 4.78 is 0. The molecule has 0 saturated heterocycles. The Labute approximate surface area is 109 Å². The first-order valence-electron chi connectivity index (χ1n) is 5.04. The summed E-state index contributed by atoms with van der Waals surface area (Å²) in [5.74, 6) is 0.00904. The van der Waals surface area contributed by atoms with Crippen LogP contribution in [0.25, 0.3) is 0 Å². The van der Waals surface area contributed by atoms with Gasteiger partial charge in [0, 0.05) is 24.4 Å². The van der Waals surface area contributed by atoms with E-state index in [4.69, 9.17) is 23.2 Å². The molecule has 0 aliphatic carbocycles. The maximum Gasteiger partial charge on any atom is 0.167 e. The lowest BCUT2D eigenvalue weighted by molar-refractivity contribution is 0.0993. The van der Waals surface area contributed by atoms with E-state index in [9.17, 15) is 4.79 Å². The predicted octanol–water partition coefficient (Wildman–Crippen LogP) is 3.81. The smallest absolute Gasteiger partial charge is 0.167 e. The Kier molecular flexibility index (Phi) is 3.77. The number of pyridine rings is 1. The third-order valence-electron chi connectivity index (χ3n) is 2.36. The number of aromatic nitrogens is 1. The molecule has 4 heteroatoms. The van der Waals surface area contributed by atoms with E-state index in [1.165, 1.54) is 0 Å². The second kappa shape index (κ2) is 5.30. The van der Waals surface area contributed by atoms with Crippen LogP contribution in [0.15, 0.2) is 42.7 Å². The van der Waals surface area contributed by atoms with Gasteiger partial charge in [0.2, 0.25) is 0 Å². The molecule has 17 heavy (non-hydrogen) atoms. The first-order chi connectivity index (χ1) is 8.16. The minimum Gasteiger partial charge on any atom is -0.294 e. The van der Waals surface area contributed by atoms with Gasteiger partial charge in [-0.15, -0.1) is 0 Å². The van der Waals surface area contributed by atoms with Gasteiger partial charge in [0.25, 0.3) is 0 Å². The highest BCUT2D eigenvalue weighted by molar-refractivity contribution is 6.42. The Morgan fingerprint density at radius 1 is 1.06 bits per heavy atom. The highest BCUT2D eigenvalue weighted by atomic mass is 35.5. The fourth-order valence-electron chi connectivity index (χ4n) is 1.46. The summed E-state index contributed by atoms with van der Waals surface area (Å²) in [7, 11) is 0. The van der Waals surface area contributed by atoms with Crippen molar-refractivity contribution in [3.8, 4) is 0 Å². The lowest BCUT2D eigenvalue weighted by Gasteiger charge is -2.02. The summed E-state index contributed by atoms with van der Waals surface area (Å²) >= 11 is 11.7. The van der Waals surface area contributed by atoms with E-state index in [1.54, 1.807) is 30.6 Å². The second-order valence-corrected chi connectivity index (χ2v) is 4.40. The van der Waals surface area contributed by atoms with Crippen LogP contribution in [0.5, 0.6) is 0 Å². The maximum absolute atomic E-state index is 12.0. The number of benzene rings is 1. The van der Waals surface area contributed by atoms with E-state index < -0.39 is 0 Å². The van der Waals surface area contributed by atoms with Gasteiger partial charge in [-0.2, -0.15) is 0 Å². The number of hydrogen-bond donors (Lipinski definition) is 0. The quantitative estimate of drug-likeness (QED) is 0.790. The van der Waals surface area contributed by atoms with Crippen LogP contribution >= 0.6 is 23.2 Å². The highest BCUT2D eigenvalue weighted by Gasteiger charge is 2.08. The molecule has 2 rings (SSSR count). The van der Waals surface area contributed by atoms with Gasteiger partial charge in [-0.25, -0.2) is 0 Å². The molecule has 0 bridgehead atoms. The van der Waals surface area contributed by atoms with E-state index in [-0.39, 0.29) is 5.78 Å². The van der Waals surface area contributed by atoms with Crippen molar-refractivity contribution < 1.29 is 4.79 Å². The molecule has 0 N–H and O–H groups in total. The molecule has 0 aliphatic rings. The standard InChI is InChI=1S/C13H9Cl2NO/c14-11-2-1-10(8-12(11)15)13(17)7-9-3-5-16-6-4-9/h1-6,8H,7H2. The highest BCUT2D eigenvalue weighted by Crippen LogP contribution is 2.23. The second-order valence-electron chi connectivity index (χ2n) is 3.58. The summed E-state index contributed by atoms with van der Waals surface area (Å²) in [6, 6.07) is 8.53. The van der Waals surface area contributed by atoms with Gasteiger partial charge in [-0.05, 0) is 35.9 Å². The molecule has 0 atom stereocenters. The van der Waals surface area contributed by atoms with Gasteiger partial charge in [0.15, 0.2) is 5.78 Å². The van der Waals surface area contributed by atoms with Crippen LogP contribution in [0.2, 0.25) is 10.0 Å². The molecular formula is C13H9Cl2NO. The largest absolute Gasteiger partial charge is 0.294 e. The van der Waals surface area contributed by atoms with Gasteiger partial charge in [-0.1, -0.05) is 23.2 Å². The topological polar surface area (TPSA) is 30.0 Å². The summed E-state index contributed by atoms with van der Waals surface area (Å²) in [6.07, 6.45) is 3.66. The number of Topliss-reactive ketones (excluding diaryl/α,β-unsaturated/α-hetero) is 1. The number of hydrogen-bond acceptors (Lipinski definition) is 2. The molecule has 0 amide bonds. The molecule has 0 fully saturated rings. The fourth-order valence-corrected chi connectivity index (χ4v) is 1.76. The molecule has 0 spiro atoms. The average Bonchev–Trinajstić information content (AvgIpc) is 2.34. The van der Waals surface area contributed by atoms with Crippen LogP contribution in [0.3, 0.4) is 0 Å². The normalized spacial score (nSPS) is 10.2. The Bertz CT molecular complexity index is 540. The molecule has 0 unspecified atom stereocenters. The Balaban J connectivity index is 2.18. The van der Waals surface area contributed by atoms with E-state index >= 15 is 0 Å². The van der Waals surface area contributed by atoms with Crippen LogP contribution in [-0.2, 0) is 6.42 Å². The van der Waals surface area contributed by atoms with E-state index in [2.05, 4.69) is 4.98 Å². The molecule has 2 nitrogen and oxygen atoms in total. The van der Waals surface area contributed by atoms with Gasteiger partial charge >= 0.3 is 0 Å². The van der Waals surface area contributed by atoms with E-state index in [0.29, 0.717) is 22.0 Å². The zero-order valence-electron chi connectivity index (χ0n) is 8.86. The van der Waals surface area contributed by atoms with Gasteiger partial charge in [0.05, 0.1) is 10.0 Å². The van der Waals surface area contributed by atoms with Crippen molar-refractivity contribution in [2.75, 3.05) is 0 Å². The van der Waals surface area contributed by atoms with Crippen molar-refractivity contribution in [3.63, 3.8) is 0 Å². The Morgan fingerprint density at radius 2 is 1.76 bits per heavy atom. The zero-order chi connectivity index (χ0) is 12.3. The minimum absolute atomic E-state index is 0.00904. The van der Waals surface area contributed by atoms with Gasteiger partial charge in [-0.3, -0.25) is 9.78 Å². The van der Waals surface area contributed by atoms with Crippen LogP contribution < -0.4 is 0 Å². The number of rotatable bonds is 3. The summed E-state index contributed by atoms with van der Waals surface area (Å²) in [5, 5.41) is 0.847. The van der Waals surface area contributed by atoms with E-state index in [1.807, 2.05) is 12.1 Å². The van der Waals surface area contributed by atoms with Crippen molar-refractivity contribution in [2.24, 2.45) is 0 Å². The summed E-state index contributed by atoms with van der Waals surface area (Å²) in [6.45, 7) is 0. The SMILES string of the molecule is O=C(Cc1ccncc1)c1ccc(Cl)c(Cl)c1. The number of nitrogens with zero attached hydrogens (tertiary/aromatic N) is 1. The summed E-state index contributed by atoms with van der Waals surface area (Å²) in [5.41, 5.74) is 1.49. The molecule has 0 aliphatic heterocycles. The van der Waals surface area contributed by atoms with Crippen molar-refractivity contribution in [1.82, 2.24) is 4.98 Å². The molecule has 1 aromatic heterocycles. The Hall–Kier alpha value is -1.38. The lowest BCUT2D eigenvalue weighted by atomic mass is 10.0. The fraction of sp³-hybridized carbons (Fsp3) is 0.0769. The third kappa shape index (κ3) is 3.05. The van der Waals surface area contributed by atoms with Gasteiger partial charge < -0.3 is 0 Å². The van der Waals surface area contributed by atoms with Gasteiger partial charge in [0.1, 0.15) is 0 Å².